The Bertz CT molecular complexity index is 671. The molecule has 0 radical (unpaired) electrons. The van der Waals surface area contributed by atoms with Gasteiger partial charge in [0.1, 0.15) is 11.3 Å². The SMILES string of the molecule is CC(C)Cn1c(=O)n(S)c2c(N)nc(C(C)C)nc21. The lowest BCUT2D eigenvalue weighted by Crippen LogP contribution is -2.22. The van der Waals surface area contributed by atoms with Gasteiger partial charge >= 0.3 is 5.69 Å². The number of thiol groups is 1. The lowest BCUT2D eigenvalue weighted by molar-refractivity contribution is 0.518. The van der Waals surface area contributed by atoms with Crippen LogP contribution in [-0.2, 0) is 6.54 Å². The van der Waals surface area contributed by atoms with Crippen molar-refractivity contribution < 1.29 is 0 Å². The Morgan fingerprint density at radius 3 is 2.42 bits per heavy atom. The van der Waals surface area contributed by atoms with Gasteiger partial charge in [0.2, 0.25) is 0 Å². The number of nitrogens with two attached hydrogens (primary N) is 1. The number of anilines is 1. The van der Waals surface area contributed by atoms with Crippen LogP contribution in [0.2, 0.25) is 0 Å². The molecule has 2 heterocycles. The van der Waals surface area contributed by atoms with Gasteiger partial charge in [0.05, 0.1) is 0 Å². The minimum absolute atomic E-state index is 0.151. The lowest BCUT2D eigenvalue weighted by atomic mass is 10.2. The zero-order chi connectivity index (χ0) is 14.3. The van der Waals surface area contributed by atoms with E-state index in [-0.39, 0.29) is 11.6 Å². The zero-order valence-corrected chi connectivity index (χ0v) is 12.5. The number of fused-ring (bicyclic) bond motifs is 1. The molecular formula is C12H19N5OS. The smallest absolute Gasteiger partial charge is 0.340 e. The van der Waals surface area contributed by atoms with Crippen LogP contribution in [0.3, 0.4) is 0 Å². The number of hydrogen-bond acceptors (Lipinski definition) is 5. The number of rotatable bonds is 3. The lowest BCUT2D eigenvalue weighted by Gasteiger charge is -2.08. The summed E-state index contributed by atoms with van der Waals surface area (Å²) in [5.74, 6) is 1.41. The monoisotopic (exact) mass is 281 g/mol. The molecule has 104 valence electrons. The van der Waals surface area contributed by atoms with Gasteiger partial charge in [-0.3, -0.25) is 4.57 Å². The Hall–Kier alpha value is -1.50. The molecule has 0 unspecified atom stereocenters. The number of nitrogens with zero attached hydrogens (tertiary/aromatic N) is 4. The van der Waals surface area contributed by atoms with E-state index in [1.54, 1.807) is 4.57 Å². The molecule has 2 N–H and O–H groups in total. The second kappa shape index (κ2) is 4.88. The summed E-state index contributed by atoms with van der Waals surface area (Å²) < 4.78 is 2.83. The molecule has 0 aliphatic rings. The van der Waals surface area contributed by atoms with Gasteiger partial charge in [-0.05, 0) is 5.92 Å². The van der Waals surface area contributed by atoms with E-state index in [1.165, 1.54) is 3.97 Å². The van der Waals surface area contributed by atoms with E-state index in [2.05, 4.69) is 22.8 Å². The van der Waals surface area contributed by atoms with Gasteiger partial charge in [0.25, 0.3) is 0 Å². The molecule has 0 bridgehead atoms. The fourth-order valence-electron chi connectivity index (χ4n) is 1.96. The van der Waals surface area contributed by atoms with Gasteiger partial charge in [-0.1, -0.05) is 40.5 Å². The molecule has 0 spiro atoms. The van der Waals surface area contributed by atoms with Gasteiger partial charge < -0.3 is 5.73 Å². The highest BCUT2D eigenvalue weighted by Gasteiger charge is 2.19. The van der Waals surface area contributed by atoms with Crippen LogP contribution in [0.25, 0.3) is 11.2 Å². The van der Waals surface area contributed by atoms with Crippen molar-refractivity contribution in [3.63, 3.8) is 0 Å². The summed E-state index contributed by atoms with van der Waals surface area (Å²) in [7, 11) is 0. The average molecular weight is 281 g/mol. The number of nitrogen functional groups attached to an aromatic ring is 1. The van der Waals surface area contributed by atoms with Crippen LogP contribution in [0.4, 0.5) is 5.82 Å². The van der Waals surface area contributed by atoms with E-state index in [0.29, 0.717) is 35.3 Å². The zero-order valence-electron chi connectivity index (χ0n) is 11.6. The highest BCUT2D eigenvalue weighted by molar-refractivity contribution is 7.78. The third-order valence-corrected chi connectivity index (χ3v) is 3.22. The Labute approximate surface area is 117 Å². The van der Waals surface area contributed by atoms with Crippen LogP contribution in [-0.4, -0.2) is 18.5 Å². The van der Waals surface area contributed by atoms with Gasteiger partial charge in [-0.25, -0.2) is 18.7 Å². The van der Waals surface area contributed by atoms with Crippen molar-refractivity contribution in [1.29, 1.82) is 0 Å². The molecule has 6 nitrogen and oxygen atoms in total. The van der Waals surface area contributed by atoms with Gasteiger partial charge in [0.15, 0.2) is 11.5 Å². The fraction of sp³-hybridized carbons (Fsp3) is 0.583. The Morgan fingerprint density at radius 2 is 1.89 bits per heavy atom. The first-order valence-corrected chi connectivity index (χ1v) is 6.70. The first kappa shape index (κ1) is 13.9. The molecule has 7 heteroatoms. The van der Waals surface area contributed by atoms with E-state index in [4.69, 9.17) is 5.73 Å². The first-order valence-electron chi connectivity index (χ1n) is 6.30. The van der Waals surface area contributed by atoms with Crippen LogP contribution in [0.15, 0.2) is 4.79 Å². The average Bonchev–Trinajstić information content (AvgIpc) is 2.54. The normalized spacial score (nSPS) is 11.9. The van der Waals surface area contributed by atoms with Crippen molar-refractivity contribution in [2.75, 3.05) is 5.73 Å². The topological polar surface area (TPSA) is 78.7 Å². The molecule has 0 atom stereocenters. The summed E-state index contributed by atoms with van der Waals surface area (Å²) in [4.78, 5) is 20.9. The maximum absolute atomic E-state index is 12.2. The van der Waals surface area contributed by atoms with E-state index >= 15 is 0 Å². The molecule has 0 aliphatic carbocycles. The van der Waals surface area contributed by atoms with Crippen molar-refractivity contribution in [1.82, 2.24) is 18.5 Å². The van der Waals surface area contributed by atoms with Crippen molar-refractivity contribution >= 4 is 29.8 Å². The quantitative estimate of drug-likeness (QED) is 0.838. The standard InChI is InChI=1S/C12H19N5OS/c1-6(2)5-16-11-8(17(19)12(16)18)9(13)14-10(15-11)7(3)4/h6-7,19H,5H2,1-4H3,(H2,13,14,15). The highest BCUT2D eigenvalue weighted by atomic mass is 32.1. The molecule has 2 aromatic heterocycles. The summed E-state index contributed by atoms with van der Waals surface area (Å²) in [6, 6.07) is 0. The summed E-state index contributed by atoms with van der Waals surface area (Å²) in [6.07, 6.45) is 0. The Balaban J connectivity index is 2.81. The maximum Gasteiger partial charge on any atom is 0.340 e. The van der Waals surface area contributed by atoms with Crippen LogP contribution in [0.1, 0.15) is 39.4 Å². The molecule has 0 amide bonds. The molecule has 0 saturated heterocycles. The summed E-state index contributed by atoms with van der Waals surface area (Å²) >= 11 is 4.19. The molecule has 2 rings (SSSR count). The second-order valence-corrected chi connectivity index (χ2v) is 5.79. The Kier molecular flexibility index (Phi) is 3.58. The number of aromatic nitrogens is 4. The van der Waals surface area contributed by atoms with E-state index in [1.807, 2.05) is 27.7 Å². The van der Waals surface area contributed by atoms with E-state index in [9.17, 15) is 4.79 Å². The van der Waals surface area contributed by atoms with Crippen LogP contribution in [0.5, 0.6) is 0 Å². The third-order valence-electron chi connectivity index (χ3n) is 2.85. The van der Waals surface area contributed by atoms with E-state index < -0.39 is 0 Å². The minimum atomic E-state index is -0.228. The maximum atomic E-state index is 12.2. The first-order chi connectivity index (χ1) is 8.82. The highest BCUT2D eigenvalue weighted by Crippen LogP contribution is 2.21. The molecule has 0 saturated carbocycles. The molecular weight excluding hydrogens is 262 g/mol. The molecule has 19 heavy (non-hydrogen) atoms. The van der Waals surface area contributed by atoms with Crippen LogP contribution in [0, 0.1) is 5.92 Å². The number of hydrogen-bond donors (Lipinski definition) is 2. The molecule has 0 aliphatic heterocycles. The molecule has 0 aromatic carbocycles. The minimum Gasteiger partial charge on any atom is -0.382 e. The van der Waals surface area contributed by atoms with Gasteiger partial charge in [-0.2, -0.15) is 0 Å². The molecule has 0 fully saturated rings. The molecule has 2 aromatic rings. The summed E-state index contributed by atoms with van der Waals surface area (Å²) in [5.41, 5.74) is 6.75. The Morgan fingerprint density at radius 1 is 1.26 bits per heavy atom. The predicted octanol–water partition coefficient (Wildman–Crippen LogP) is 1.65. The van der Waals surface area contributed by atoms with Crippen molar-refractivity contribution in [3.05, 3.63) is 16.3 Å². The third kappa shape index (κ3) is 2.34. The fourth-order valence-corrected chi connectivity index (χ4v) is 2.26. The van der Waals surface area contributed by atoms with Gasteiger partial charge in [0, 0.05) is 12.5 Å². The van der Waals surface area contributed by atoms with Gasteiger partial charge in [-0.15, -0.1) is 0 Å². The predicted molar refractivity (Wildman–Crippen MR) is 79.5 cm³/mol. The van der Waals surface area contributed by atoms with Crippen LogP contribution >= 0.6 is 12.8 Å². The van der Waals surface area contributed by atoms with E-state index in [0.717, 1.165) is 0 Å². The van der Waals surface area contributed by atoms with Crippen molar-refractivity contribution in [2.24, 2.45) is 5.92 Å². The van der Waals surface area contributed by atoms with Crippen LogP contribution < -0.4 is 11.4 Å². The summed E-state index contributed by atoms with van der Waals surface area (Å²) in [6.45, 7) is 8.65. The van der Waals surface area contributed by atoms with Crippen molar-refractivity contribution in [3.8, 4) is 0 Å². The second-order valence-electron chi connectivity index (χ2n) is 5.39. The summed E-state index contributed by atoms with van der Waals surface area (Å²) in [5, 5.41) is 0. The largest absolute Gasteiger partial charge is 0.382 e. The number of imidazole rings is 1. The van der Waals surface area contributed by atoms with Crippen molar-refractivity contribution in [2.45, 2.75) is 40.2 Å².